The molecule has 1 saturated heterocycles. The SMILES string of the molecule is CCc1c(C(N)=O)ccc([C@@H](c2cccc(NCc3cccs3)c2)N2CCN(CC=C(C)C)CC2)c1CC. The standard InChI is InChI=1S/C32H42N4OS/c1-5-27-28(6-2)30(32(33)37)13-12-29(27)31(36-18-16-35(17-19-36)15-14-23(3)4)24-9-7-10-25(21-24)34-22-26-11-8-20-38-26/h7-14,20-21,31,34H,5-6,15-19,22H2,1-4H3,(H2,33,37)/t31-/m1/s1. The summed E-state index contributed by atoms with van der Waals surface area (Å²) in [7, 11) is 0. The first-order chi connectivity index (χ1) is 18.4. The lowest BCUT2D eigenvalue weighted by atomic mass is 9.85. The Bertz CT molecular complexity index is 1240. The number of hydrogen-bond acceptors (Lipinski definition) is 5. The fraction of sp³-hybridized carbons (Fsp3) is 0.406. The van der Waals surface area contributed by atoms with Crippen molar-refractivity contribution >= 4 is 22.9 Å². The highest BCUT2D eigenvalue weighted by atomic mass is 32.1. The summed E-state index contributed by atoms with van der Waals surface area (Å²) < 4.78 is 0. The van der Waals surface area contributed by atoms with Gasteiger partial charge in [-0.3, -0.25) is 14.6 Å². The molecule has 0 spiro atoms. The van der Waals surface area contributed by atoms with E-state index in [1.165, 1.54) is 27.1 Å². The van der Waals surface area contributed by atoms with Crippen LogP contribution in [0.5, 0.6) is 0 Å². The molecule has 6 heteroatoms. The lowest BCUT2D eigenvalue weighted by molar-refractivity contribution is 0.0999. The predicted octanol–water partition coefficient (Wildman–Crippen LogP) is 6.26. The van der Waals surface area contributed by atoms with Crippen LogP contribution in [0.25, 0.3) is 0 Å². The number of carbonyl (C=O) groups excluding carboxylic acids is 1. The van der Waals surface area contributed by atoms with E-state index in [0.717, 1.165) is 63.4 Å². The first-order valence-electron chi connectivity index (χ1n) is 13.8. The number of benzene rings is 2. The van der Waals surface area contributed by atoms with E-state index in [0.29, 0.717) is 5.56 Å². The molecule has 1 fully saturated rings. The van der Waals surface area contributed by atoms with E-state index in [4.69, 9.17) is 5.73 Å². The molecule has 2 aromatic carbocycles. The third kappa shape index (κ3) is 6.73. The number of rotatable bonds is 11. The van der Waals surface area contributed by atoms with Crippen molar-refractivity contribution in [2.24, 2.45) is 5.73 Å². The van der Waals surface area contributed by atoms with E-state index in [9.17, 15) is 4.79 Å². The molecular formula is C32H42N4OS. The van der Waals surface area contributed by atoms with Crippen molar-refractivity contribution in [3.8, 4) is 0 Å². The van der Waals surface area contributed by atoms with Gasteiger partial charge in [0.25, 0.3) is 0 Å². The average Bonchev–Trinajstić information content (AvgIpc) is 3.45. The number of piperazine rings is 1. The molecule has 0 saturated carbocycles. The number of hydrogen-bond donors (Lipinski definition) is 2. The fourth-order valence-corrected chi connectivity index (χ4v) is 6.19. The van der Waals surface area contributed by atoms with Crippen LogP contribution in [0.4, 0.5) is 5.69 Å². The quantitative estimate of drug-likeness (QED) is 0.287. The van der Waals surface area contributed by atoms with Crippen molar-refractivity contribution in [1.29, 1.82) is 0 Å². The maximum absolute atomic E-state index is 12.3. The molecule has 202 valence electrons. The van der Waals surface area contributed by atoms with Gasteiger partial charge in [-0.15, -0.1) is 11.3 Å². The summed E-state index contributed by atoms with van der Waals surface area (Å²) in [6.07, 6.45) is 3.98. The average molecular weight is 531 g/mol. The Morgan fingerprint density at radius 3 is 2.42 bits per heavy atom. The zero-order valence-corrected chi connectivity index (χ0v) is 24.1. The van der Waals surface area contributed by atoms with Crippen molar-refractivity contribution in [2.45, 2.75) is 53.1 Å². The topological polar surface area (TPSA) is 61.6 Å². The second-order valence-corrected chi connectivity index (χ2v) is 11.3. The van der Waals surface area contributed by atoms with Gasteiger partial charge in [-0.1, -0.05) is 49.8 Å². The molecule has 5 nitrogen and oxygen atoms in total. The summed E-state index contributed by atoms with van der Waals surface area (Å²) in [6, 6.07) is 17.4. The van der Waals surface area contributed by atoms with Crippen LogP contribution >= 0.6 is 11.3 Å². The molecule has 4 rings (SSSR count). The zero-order valence-electron chi connectivity index (χ0n) is 23.3. The van der Waals surface area contributed by atoms with Gasteiger partial charge in [-0.25, -0.2) is 0 Å². The molecule has 0 aliphatic carbocycles. The van der Waals surface area contributed by atoms with Crippen molar-refractivity contribution in [2.75, 3.05) is 38.0 Å². The molecule has 3 N–H and O–H groups in total. The molecular weight excluding hydrogens is 488 g/mol. The molecule has 1 amide bonds. The first kappa shape index (κ1) is 28.1. The second-order valence-electron chi connectivity index (χ2n) is 10.3. The Morgan fingerprint density at radius 1 is 1.03 bits per heavy atom. The third-order valence-electron chi connectivity index (χ3n) is 7.51. The Labute approximate surface area is 232 Å². The maximum atomic E-state index is 12.3. The Hall–Kier alpha value is -2.93. The van der Waals surface area contributed by atoms with Gasteiger partial charge in [0.2, 0.25) is 5.91 Å². The molecule has 38 heavy (non-hydrogen) atoms. The monoisotopic (exact) mass is 530 g/mol. The van der Waals surface area contributed by atoms with E-state index in [1.807, 2.05) is 6.07 Å². The second kappa shape index (κ2) is 13.2. The van der Waals surface area contributed by atoms with Crippen LogP contribution in [0.3, 0.4) is 0 Å². The van der Waals surface area contributed by atoms with Gasteiger partial charge in [-0.05, 0) is 78.6 Å². The highest BCUT2D eigenvalue weighted by Crippen LogP contribution is 2.36. The van der Waals surface area contributed by atoms with Crippen LogP contribution in [0, 0.1) is 0 Å². The van der Waals surface area contributed by atoms with Gasteiger partial charge in [0.15, 0.2) is 0 Å². The molecule has 3 aromatic rings. The van der Waals surface area contributed by atoms with Gasteiger partial charge in [0.05, 0.1) is 6.04 Å². The first-order valence-corrected chi connectivity index (χ1v) is 14.7. The van der Waals surface area contributed by atoms with Crippen LogP contribution in [0.2, 0.25) is 0 Å². The predicted molar refractivity (Wildman–Crippen MR) is 161 cm³/mol. The Balaban J connectivity index is 1.70. The number of carbonyl (C=O) groups is 1. The van der Waals surface area contributed by atoms with Gasteiger partial charge < -0.3 is 11.1 Å². The number of thiophene rings is 1. The van der Waals surface area contributed by atoms with Gasteiger partial charge in [0.1, 0.15) is 0 Å². The van der Waals surface area contributed by atoms with E-state index in [-0.39, 0.29) is 11.9 Å². The lowest BCUT2D eigenvalue weighted by Crippen LogP contribution is -2.48. The van der Waals surface area contributed by atoms with Crippen LogP contribution in [0.1, 0.15) is 71.2 Å². The van der Waals surface area contributed by atoms with Crippen molar-refractivity contribution in [1.82, 2.24) is 9.80 Å². The van der Waals surface area contributed by atoms with Crippen molar-refractivity contribution < 1.29 is 4.79 Å². The summed E-state index contributed by atoms with van der Waals surface area (Å²) in [5, 5.41) is 5.74. The summed E-state index contributed by atoms with van der Waals surface area (Å²) in [4.78, 5) is 18.7. The van der Waals surface area contributed by atoms with Crippen LogP contribution in [-0.4, -0.2) is 48.4 Å². The van der Waals surface area contributed by atoms with E-state index in [2.05, 4.69) is 96.7 Å². The highest BCUT2D eigenvalue weighted by Gasteiger charge is 2.29. The minimum absolute atomic E-state index is 0.117. The number of amides is 1. The van der Waals surface area contributed by atoms with Gasteiger partial charge in [0, 0.05) is 55.4 Å². The van der Waals surface area contributed by atoms with Crippen LogP contribution in [0.15, 0.2) is 65.6 Å². The minimum atomic E-state index is -0.340. The number of nitrogens with one attached hydrogen (secondary N) is 1. The molecule has 0 radical (unpaired) electrons. The number of nitrogens with two attached hydrogens (primary N) is 1. The number of nitrogens with zero attached hydrogens (tertiary/aromatic N) is 2. The summed E-state index contributed by atoms with van der Waals surface area (Å²) >= 11 is 1.77. The Kier molecular flexibility index (Phi) is 9.78. The molecule has 1 aromatic heterocycles. The smallest absolute Gasteiger partial charge is 0.248 e. The minimum Gasteiger partial charge on any atom is -0.380 e. The van der Waals surface area contributed by atoms with Crippen LogP contribution < -0.4 is 11.1 Å². The summed E-state index contributed by atoms with van der Waals surface area (Å²) in [6.45, 7) is 14.5. The molecule has 1 atom stereocenters. The normalized spacial score (nSPS) is 15.3. The fourth-order valence-electron chi connectivity index (χ4n) is 5.54. The summed E-state index contributed by atoms with van der Waals surface area (Å²) in [5.41, 5.74) is 13.9. The number of primary amides is 1. The van der Waals surface area contributed by atoms with Gasteiger partial charge in [-0.2, -0.15) is 0 Å². The van der Waals surface area contributed by atoms with Gasteiger partial charge >= 0.3 is 0 Å². The number of anilines is 1. The highest BCUT2D eigenvalue weighted by molar-refractivity contribution is 7.09. The van der Waals surface area contributed by atoms with Crippen molar-refractivity contribution in [3.63, 3.8) is 0 Å². The molecule has 0 unspecified atom stereocenters. The Morgan fingerprint density at radius 2 is 1.79 bits per heavy atom. The zero-order chi connectivity index (χ0) is 27.1. The number of allylic oxidation sites excluding steroid dienone is 1. The third-order valence-corrected chi connectivity index (χ3v) is 8.39. The maximum Gasteiger partial charge on any atom is 0.248 e. The molecule has 1 aliphatic heterocycles. The van der Waals surface area contributed by atoms with Crippen LogP contribution in [-0.2, 0) is 19.4 Å². The van der Waals surface area contributed by atoms with E-state index < -0.39 is 0 Å². The largest absolute Gasteiger partial charge is 0.380 e. The molecule has 0 bridgehead atoms. The van der Waals surface area contributed by atoms with Crippen molar-refractivity contribution in [3.05, 3.63) is 98.3 Å². The molecule has 1 aliphatic rings. The van der Waals surface area contributed by atoms with E-state index in [1.54, 1.807) is 11.3 Å². The lowest BCUT2D eigenvalue weighted by Gasteiger charge is -2.40. The summed E-state index contributed by atoms with van der Waals surface area (Å²) in [5.74, 6) is -0.340. The van der Waals surface area contributed by atoms with E-state index >= 15 is 0 Å². The molecule has 2 heterocycles.